The Balaban J connectivity index is 2.30. The van der Waals surface area contributed by atoms with Crippen molar-refractivity contribution >= 4 is 28.1 Å². The summed E-state index contributed by atoms with van der Waals surface area (Å²) in [6, 6.07) is 8.30. The van der Waals surface area contributed by atoms with Crippen LogP contribution >= 0.6 is 11.6 Å². The van der Waals surface area contributed by atoms with Crippen LogP contribution in [0.3, 0.4) is 0 Å². The van der Waals surface area contributed by atoms with E-state index in [-0.39, 0.29) is 5.38 Å². The SMILES string of the molecule is CC[C@@H](Cl)[C@@H]1CN(C)c2cc(O)c3ccc(C(C)C)cc3c21. The number of nitrogens with zero attached hydrogens (tertiary/aromatic N) is 1. The fraction of sp³-hybridized carbons (Fsp3) is 0.474. The van der Waals surface area contributed by atoms with Crippen LogP contribution in [0.5, 0.6) is 5.75 Å². The van der Waals surface area contributed by atoms with Gasteiger partial charge < -0.3 is 10.0 Å². The lowest BCUT2D eigenvalue weighted by atomic mass is 9.89. The standard InChI is InChI=1S/C19H24ClNO/c1-5-16(20)15-10-21(4)17-9-18(22)13-7-6-12(11(2)3)8-14(13)19(15)17/h6-9,11,15-16,22H,5,10H2,1-4H3/t15-,16+/m0/s1. The van der Waals surface area contributed by atoms with Gasteiger partial charge in [0.25, 0.3) is 0 Å². The molecule has 2 aromatic rings. The Morgan fingerprint density at radius 3 is 2.64 bits per heavy atom. The van der Waals surface area contributed by atoms with Gasteiger partial charge in [-0.3, -0.25) is 0 Å². The average Bonchev–Trinajstić information content (AvgIpc) is 2.83. The first-order valence-corrected chi connectivity index (χ1v) is 8.52. The van der Waals surface area contributed by atoms with E-state index in [1.165, 1.54) is 11.1 Å². The number of benzene rings is 2. The fourth-order valence-electron chi connectivity index (χ4n) is 3.56. The number of hydrogen-bond donors (Lipinski definition) is 1. The zero-order valence-electron chi connectivity index (χ0n) is 13.7. The smallest absolute Gasteiger partial charge is 0.125 e. The quantitative estimate of drug-likeness (QED) is 0.784. The molecule has 1 N–H and O–H groups in total. The fourth-order valence-corrected chi connectivity index (χ4v) is 3.77. The monoisotopic (exact) mass is 317 g/mol. The molecule has 22 heavy (non-hydrogen) atoms. The van der Waals surface area contributed by atoms with E-state index in [9.17, 15) is 5.11 Å². The van der Waals surface area contributed by atoms with Gasteiger partial charge >= 0.3 is 0 Å². The molecule has 0 aromatic heterocycles. The number of hydrogen-bond acceptors (Lipinski definition) is 2. The van der Waals surface area contributed by atoms with Crippen LogP contribution in [0.1, 0.15) is 50.2 Å². The summed E-state index contributed by atoms with van der Waals surface area (Å²) in [6.45, 7) is 7.45. The maximum absolute atomic E-state index is 10.4. The van der Waals surface area contributed by atoms with Crippen molar-refractivity contribution in [1.82, 2.24) is 0 Å². The van der Waals surface area contributed by atoms with Gasteiger partial charge in [0.15, 0.2) is 0 Å². The number of rotatable bonds is 3. The minimum Gasteiger partial charge on any atom is -0.507 e. The normalized spacial score (nSPS) is 19.0. The predicted molar refractivity (Wildman–Crippen MR) is 95.6 cm³/mol. The summed E-state index contributed by atoms with van der Waals surface area (Å²) in [6.07, 6.45) is 0.950. The summed E-state index contributed by atoms with van der Waals surface area (Å²) in [4.78, 5) is 2.21. The highest BCUT2D eigenvalue weighted by Crippen LogP contribution is 2.47. The van der Waals surface area contributed by atoms with Gasteiger partial charge in [-0.2, -0.15) is 0 Å². The van der Waals surface area contributed by atoms with Crippen LogP contribution in [-0.2, 0) is 0 Å². The van der Waals surface area contributed by atoms with E-state index in [0.717, 1.165) is 29.4 Å². The first kappa shape index (κ1) is 15.5. The van der Waals surface area contributed by atoms with Gasteiger partial charge in [-0.25, -0.2) is 0 Å². The maximum Gasteiger partial charge on any atom is 0.125 e. The van der Waals surface area contributed by atoms with Crippen molar-refractivity contribution in [3.63, 3.8) is 0 Å². The first-order chi connectivity index (χ1) is 10.4. The third-order valence-corrected chi connectivity index (χ3v) is 5.52. The number of halogens is 1. The predicted octanol–water partition coefficient (Wildman–Crippen LogP) is 5.22. The van der Waals surface area contributed by atoms with E-state index < -0.39 is 0 Å². The second-order valence-corrected chi connectivity index (χ2v) is 7.26. The lowest BCUT2D eigenvalue weighted by molar-refractivity contribution is 0.481. The molecule has 0 aliphatic carbocycles. The number of fused-ring (bicyclic) bond motifs is 3. The summed E-state index contributed by atoms with van der Waals surface area (Å²) in [7, 11) is 2.08. The molecular weight excluding hydrogens is 294 g/mol. The molecule has 0 saturated heterocycles. The molecule has 0 fully saturated rings. The third kappa shape index (κ3) is 2.34. The highest BCUT2D eigenvalue weighted by atomic mass is 35.5. The van der Waals surface area contributed by atoms with Crippen molar-refractivity contribution in [3.05, 3.63) is 35.4 Å². The van der Waals surface area contributed by atoms with Crippen molar-refractivity contribution in [1.29, 1.82) is 0 Å². The van der Waals surface area contributed by atoms with Gasteiger partial charge in [0, 0.05) is 42.0 Å². The van der Waals surface area contributed by atoms with Crippen LogP contribution in [0.25, 0.3) is 10.8 Å². The molecule has 2 nitrogen and oxygen atoms in total. The second-order valence-electron chi connectivity index (χ2n) is 6.70. The molecule has 0 amide bonds. The van der Waals surface area contributed by atoms with E-state index >= 15 is 0 Å². The molecule has 0 bridgehead atoms. The lowest BCUT2D eigenvalue weighted by Crippen LogP contribution is -2.20. The number of aromatic hydroxyl groups is 1. The van der Waals surface area contributed by atoms with Crippen LogP contribution < -0.4 is 4.90 Å². The van der Waals surface area contributed by atoms with Gasteiger partial charge in [-0.05, 0) is 28.9 Å². The van der Waals surface area contributed by atoms with Crippen LogP contribution in [0.2, 0.25) is 0 Å². The summed E-state index contributed by atoms with van der Waals surface area (Å²) in [5.74, 6) is 1.15. The van der Waals surface area contributed by atoms with Crippen LogP contribution in [0.15, 0.2) is 24.3 Å². The molecule has 0 radical (unpaired) electrons. The molecule has 0 unspecified atom stereocenters. The summed E-state index contributed by atoms with van der Waals surface area (Å²) < 4.78 is 0. The van der Waals surface area contributed by atoms with Gasteiger partial charge in [0.2, 0.25) is 0 Å². The van der Waals surface area contributed by atoms with Gasteiger partial charge in [0.05, 0.1) is 0 Å². The maximum atomic E-state index is 10.4. The Morgan fingerprint density at radius 2 is 2.00 bits per heavy atom. The molecule has 0 spiro atoms. The Morgan fingerprint density at radius 1 is 1.27 bits per heavy atom. The van der Waals surface area contributed by atoms with Gasteiger partial charge in [-0.15, -0.1) is 11.6 Å². The Hall–Kier alpha value is -1.41. The van der Waals surface area contributed by atoms with Crippen LogP contribution in [-0.4, -0.2) is 24.1 Å². The molecule has 2 aromatic carbocycles. The second kappa shape index (κ2) is 5.66. The van der Waals surface area contributed by atoms with E-state index in [1.54, 1.807) is 0 Å². The van der Waals surface area contributed by atoms with Crippen molar-refractivity contribution in [3.8, 4) is 5.75 Å². The zero-order valence-corrected chi connectivity index (χ0v) is 14.5. The van der Waals surface area contributed by atoms with E-state index in [4.69, 9.17) is 11.6 Å². The van der Waals surface area contributed by atoms with E-state index in [1.807, 2.05) is 12.1 Å². The largest absolute Gasteiger partial charge is 0.507 e. The number of likely N-dealkylation sites (N-methyl/N-ethyl adjacent to an activating group) is 1. The lowest BCUT2D eigenvalue weighted by Gasteiger charge is -2.18. The molecule has 2 atom stereocenters. The highest BCUT2D eigenvalue weighted by Gasteiger charge is 2.33. The minimum atomic E-state index is 0.124. The number of anilines is 1. The molecular formula is C19H24ClNO. The first-order valence-electron chi connectivity index (χ1n) is 8.08. The zero-order chi connectivity index (χ0) is 16.0. The van der Waals surface area contributed by atoms with Crippen molar-refractivity contribution in [2.75, 3.05) is 18.5 Å². The van der Waals surface area contributed by atoms with Crippen molar-refractivity contribution in [2.45, 2.75) is 44.4 Å². The van der Waals surface area contributed by atoms with Crippen molar-refractivity contribution in [2.24, 2.45) is 0 Å². The van der Waals surface area contributed by atoms with E-state index in [2.05, 4.69) is 44.9 Å². The third-order valence-electron chi connectivity index (χ3n) is 4.91. The Kier molecular flexibility index (Phi) is 3.98. The number of alkyl halides is 1. The molecule has 1 aliphatic heterocycles. The molecule has 1 heterocycles. The van der Waals surface area contributed by atoms with Crippen molar-refractivity contribution < 1.29 is 5.11 Å². The van der Waals surface area contributed by atoms with Crippen LogP contribution in [0.4, 0.5) is 5.69 Å². The molecule has 118 valence electrons. The molecule has 3 rings (SSSR count). The Labute approximate surface area is 137 Å². The van der Waals surface area contributed by atoms with E-state index in [0.29, 0.717) is 17.6 Å². The van der Waals surface area contributed by atoms with Crippen LogP contribution in [0, 0.1) is 0 Å². The summed E-state index contributed by atoms with van der Waals surface area (Å²) in [5, 5.41) is 12.6. The summed E-state index contributed by atoms with van der Waals surface area (Å²) in [5.41, 5.74) is 3.73. The average molecular weight is 318 g/mol. The molecule has 3 heteroatoms. The summed E-state index contributed by atoms with van der Waals surface area (Å²) >= 11 is 6.62. The number of phenols is 1. The highest BCUT2D eigenvalue weighted by molar-refractivity contribution is 6.21. The molecule has 0 saturated carbocycles. The number of phenolic OH excluding ortho intramolecular Hbond substituents is 1. The Bertz CT molecular complexity index is 710. The molecule has 1 aliphatic rings. The topological polar surface area (TPSA) is 23.5 Å². The van der Waals surface area contributed by atoms with Gasteiger partial charge in [-0.1, -0.05) is 39.0 Å². The minimum absolute atomic E-state index is 0.124. The van der Waals surface area contributed by atoms with Gasteiger partial charge in [0.1, 0.15) is 5.75 Å².